The van der Waals surface area contributed by atoms with E-state index in [2.05, 4.69) is 15.2 Å². The van der Waals surface area contributed by atoms with Crippen LogP contribution in [0.4, 0.5) is 10.5 Å². The van der Waals surface area contributed by atoms with Gasteiger partial charge in [0, 0.05) is 23.7 Å². The van der Waals surface area contributed by atoms with Crippen LogP contribution in [0.2, 0.25) is 0 Å². The normalized spacial score (nSPS) is 16.0. The highest BCUT2D eigenvalue weighted by Crippen LogP contribution is 2.28. The Morgan fingerprint density at radius 3 is 2.75 bits per heavy atom. The van der Waals surface area contributed by atoms with Crippen LogP contribution in [0.5, 0.6) is 0 Å². The minimum Gasteiger partial charge on any atom is -0.477 e. The summed E-state index contributed by atoms with van der Waals surface area (Å²) < 4.78 is 7.17. The number of hydrogen-bond acceptors (Lipinski definition) is 6. The number of carboxylic acid groups (broad SMARTS) is 1. The van der Waals surface area contributed by atoms with Crippen LogP contribution in [-0.4, -0.2) is 57.9 Å². The molecule has 9 nitrogen and oxygen atoms in total. The van der Waals surface area contributed by atoms with E-state index in [1.807, 2.05) is 49.5 Å². The van der Waals surface area contributed by atoms with Crippen LogP contribution < -0.4 is 11.1 Å². The van der Waals surface area contributed by atoms with Crippen molar-refractivity contribution in [3.63, 3.8) is 0 Å². The lowest BCUT2D eigenvalue weighted by atomic mass is 10.0. The molecule has 4 aromatic rings. The fourth-order valence-electron chi connectivity index (χ4n) is 4.90. The van der Waals surface area contributed by atoms with E-state index < -0.39 is 12.1 Å². The highest BCUT2D eigenvalue weighted by Gasteiger charge is 2.22. The Labute approximate surface area is 208 Å². The van der Waals surface area contributed by atoms with Crippen molar-refractivity contribution in [2.75, 3.05) is 25.5 Å². The van der Waals surface area contributed by atoms with Gasteiger partial charge in [0.2, 0.25) is 0 Å². The summed E-state index contributed by atoms with van der Waals surface area (Å²) >= 11 is 0. The molecule has 9 heteroatoms. The van der Waals surface area contributed by atoms with Crippen molar-refractivity contribution in [1.29, 1.82) is 0 Å². The first-order valence-corrected chi connectivity index (χ1v) is 12.0. The van der Waals surface area contributed by atoms with Gasteiger partial charge in [-0.1, -0.05) is 24.3 Å². The van der Waals surface area contributed by atoms with Crippen LogP contribution in [0.3, 0.4) is 0 Å². The monoisotopic (exact) mass is 487 g/mol. The molecule has 0 radical (unpaired) electrons. The molecule has 0 bridgehead atoms. The number of pyridine rings is 1. The molecule has 36 heavy (non-hydrogen) atoms. The molecule has 1 saturated heterocycles. The van der Waals surface area contributed by atoms with Crippen LogP contribution in [0.25, 0.3) is 21.8 Å². The summed E-state index contributed by atoms with van der Waals surface area (Å²) in [6, 6.07) is 17.0. The van der Waals surface area contributed by atoms with E-state index in [4.69, 9.17) is 10.5 Å². The zero-order valence-electron chi connectivity index (χ0n) is 20.1. The van der Waals surface area contributed by atoms with Gasteiger partial charge in [0.15, 0.2) is 0 Å². The number of rotatable bonds is 7. The second kappa shape index (κ2) is 9.96. The van der Waals surface area contributed by atoms with Crippen molar-refractivity contribution in [2.24, 2.45) is 5.73 Å². The lowest BCUT2D eigenvalue weighted by Crippen LogP contribution is -2.31. The highest BCUT2D eigenvalue weighted by atomic mass is 16.5. The number of amides is 1. The number of likely N-dealkylation sites (tertiary alicyclic amines) is 1. The first-order valence-electron chi connectivity index (χ1n) is 12.0. The number of ether oxygens (including phenoxy) is 1. The molecule has 3 heterocycles. The van der Waals surface area contributed by atoms with Gasteiger partial charge >= 0.3 is 12.1 Å². The van der Waals surface area contributed by atoms with Crippen LogP contribution in [0, 0.1) is 0 Å². The molecule has 2 aromatic carbocycles. The Kier molecular flexibility index (Phi) is 6.58. The molecule has 2 aromatic heterocycles. The number of aromatic nitrogens is 2. The van der Waals surface area contributed by atoms with Crippen molar-refractivity contribution in [1.82, 2.24) is 14.5 Å². The number of nitrogens with zero attached hydrogens (tertiary/aromatic N) is 3. The van der Waals surface area contributed by atoms with Gasteiger partial charge in [0.05, 0.1) is 12.2 Å². The molecular weight excluding hydrogens is 458 g/mol. The average Bonchev–Trinajstić information content (AvgIpc) is 3.45. The van der Waals surface area contributed by atoms with E-state index in [-0.39, 0.29) is 24.8 Å². The number of carboxylic acids is 1. The Morgan fingerprint density at radius 1 is 1.17 bits per heavy atom. The molecule has 1 atom stereocenters. The lowest BCUT2D eigenvalue weighted by Gasteiger charge is -2.19. The number of nitrogens with two attached hydrogens (primary N) is 1. The average molecular weight is 488 g/mol. The Bertz CT molecular complexity index is 1450. The summed E-state index contributed by atoms with van der Waals surface area (Å²) in [4.78, 5) is 31.4. The third-order valence-corrected chi connectivity index (χ3v) is 6.83. The number of hydrogen-bond donors (Lipinski definition) is 3. The van der Waals surface area contributed by atoms with Gasteiger partial charge in [-0.05, 0) is 73.1 Å². The number of carbonyl (C=O) groups excluding carboxylic acids is 1. The number of benzene rings is 2. The van der Waals surface area contributed by atoms with Gasteiger partial charge in [-0.3, -0.25) is 5.32 Å². The van der Waals surface area contributed by atoms with Crippen molar-refractivity contribution in [3.8, 4) is 0 Å². The molecule has 5 rings (SSSR count). The first-order chi connectivity index (χ1) is 17.4. The number of carbonyl (C=O) groups is 2. The SMILES string of the molecule is CN1CCCC1COC(=O)Nc1cc(Cn2c(C(=O)O)cc3ccc(CN)nc32)c2ccccc2c1. The fraction of sp³-hybridized carbons (Fsp3) is 0.296. The van der Waals surface area contributed by atoms with E-state index in [0.717, 1.165) is 41.1 Å². The molecule has 1 unspecified atom stereocenters. The van der Waals surface area contributed by atoms with Crippen LogP contribution >= 0.6 is 0 Å². The molecular formula is C27H29N5O4. The molecule has 1 aliphatic rings. The predicted octanol–water partition coefficient (Wildman–Crippen LogP) is 4.04. The molecule has 1 amide bonds. The predicted molar refractivity (Wildman–Crippen MR) is 138 cm³/mol. The number of fused-ring (bicyclic) bond motifs is 2. The Hall–Kier alpha value is -3.95. The zero-order valence-corrected chi connectivity index (χ0v) is 20.1. The van der Waals surface area contributed by atoms with Gasteiger partial charge < -0.3 is 25.0 Å². The minimum absolute atomic E-state index is 0.134. The molecule has 1 fully saturated rings. The molecule has 1 aliphatic heterocycles. The highest BCUT2D eigenvalue weighted by molar-refractivity contribution is 5.95. The smallest absolute Gasteiger partial charge is 0.411 e. The maximum absolute atomic E-state index is 12.6. The summed E-state index contributed by atoms with van der Waals surface area (Å²) in [5.74, 6) is -1.04. The van der Waals surface area contributed by atoms with Crippen LogP contribution in [-0.2, 0) is 17.8 Å². The number of anilines is 1. The maximum Gasteiger partial charge on any atom is 0.411 e. The fourth-order valence-corrected chi connectivity index (χ4v) is 4.90. The van der Waals surface area contributed by atoms with E-state index >= 15 is 0 Å². The first kappa shape index (κ1) is 23.8. The zero-order chi connectivity index (χ0) is 25.2. The summed E-state index contributed by atoms with van der Waals surface area (Å²) in [6.45, 7) is 1.86. The van der Waals surface area contributed by atoms with Crippen LogP contribution in [0.15, 0.2) is 54.6 Å². The van der Waals surface area contributed by atoms with Crippen molar-refractivity contribution >= 4 is 39.6 Å². The number of nitrogens with one attached hydrogen (secondary N) is 1. The lowest BCUT2D eigenvalue weighted by molar-refractivity contribution is 0.0686. The van der Waals surface area contributed by atoms with Crippen molar-refractivity contribution in [3.05, 3.63) is 71.5 Å². The molecule has 0 aliphatic carbocycles. The summed E-state index contributed by atoms with van der Waals surface area (Å²) in [7, 11) is 2.04. The second-order valence-corrected chi connectivity index (χ2v) is 9.20. The molecule has 186 valence electrons. The number of aromatic carboxylic acids is 1. The topological polar surface area (TPSA) is 123 Å². The van der Waals surface area contributed by atoms with Gasteiger partial charge in [-0.25, -0.2) is 14.6 Å². The van der Waals surface area contributed by atoms with Gasteiger partial charge in [-0.15, -0.1) is 0 Å². The van der Waals surface area contributed by atoms with Gasteiger partial charge in [0.1, 0.15) is 17.9 Å². The summed E-state index contributed by atoms with van der Waals surface area (Å²) in [5.41, 5.74) is 8.57. The third kappa shape index (κ3) is 4.75. The summed E-state index contributed by atoms with van der Waals surface area (Å²) in [5, 5.41) is 15.3. The molecule has 0 saturated carbocycles. The second-order valence-electron chi connectivity index (χ2n) is 9.20. The van der Waals surface area contributed by atoms with E-state index in [1.165, 1.54) is 0 Å². The van der Waals surface area contributed by atoms with Gasteiger partial charge in [-0.2, -0.15) is 0 Å². The third-order valence-electron chi connectivity index (χ3n) is 6.83. The standard InChI is InChI=1S/C27H29N5O4/c1-31-10-4-6-22(31)16-36-27(35)30-21-11-17-5-2-3-7-23(17)19(12-21)15-32-24(26(33)34)13-18-8-9-20(14-28)29-25(18)32/h2-3,5,7-9,11-13,22H,4,6,10,14-16,28H2,1H3,(H,30,35)(H,33,34). The van der Waals surface area contributed by atoms with Gasteiger partial charge in [0.25, 0.3) is 0 Å². The van der Waals surface area contributed by atoms with E-state index in [9.17, 15) is 14.7 Å². The molecule has 0 spiro atoms. The Morgan fingerprint density at radius 2 is 2.00 bits per heavy atom. The quantitative estimate of drug-likeness (QED) is 0.360. The van der Waals surface area contributed by atoms with E-state index in [0.29, 0.717) is 23.6 Å². The van der Waals surface area contributed by atoms with Crippen LogP contribution in [0.1, 0.15) is 34.6 Å². The van der Waals surface area contributed by atoms with Crippen molar-refractivity contribution in [2.45, 2.75) is 32.0 Å². The van der Waals surface area contributed by atoms with Crippen molar-refractivity contribution < 1.29 is 19.4 Å². The minimum atomic E-state index is -1.04. The summed E-state index contributed by atoms with van der Waals surface area (Å²) in [6.07, 6.45) is 1.61. The Balaban J connectivity index is 1.47. The molecule has 4 N–H and O–H groups in total. The maximum atomic E-state index is 12.6. The van der Waals surface area contributed by atoms with E-state index in [1.54, 1.807) is 16.7 Å². The number of likely N-dealkylation sites (N-methyl/N-ethyl adjacent to an activating group) is 1. The largest absolute Gasteiger partial charge is 0.477 e.